The van der Waals surface area contributed by atoms with Crippen LogP contribution in [0.4, 0.5) is 0 Å². The lowest BCUT2D eigenvalue weighted by Gasteiger charge is -2.36. The second-order valence-electron chi connectivity index (χ2n) is 5.33. The Morgan fingerprint density at radius 3 is 2.83 bits per heavy atom. The Bertz CT molecular complexity index is 437. The normalized spacial score (nSPS) is 28.1. The molecule has 1 aromatic carbocycles. The SMILES string of the molecule is COc1ccc2c(c1)C(O)(C1CCOCC1)CC2. The number of rotatable bonds is 2. The van der Waals surface area contributed by atoms with E-state index in [-0.39, 0.29) is 0 Å². The fraction of sp³-hybridized carbons (Fsp3) is 0.600. The summed E-state index contributed by atoms with van der Waals surface area (Å²) in [6.45, 7) is 1.54. The van der Waals surface area contributed by atoms with Crippen LogP contribution >= 0.6 is 0 Å². The van der Waals surface area contributed by atoms with Gasteiger partial charge in [0.05, 0.1) is 12.7 Å². The largest absolute Gasteiger partial charge is 0.497 e. The standard InChI is InChI=1S/C15H20O3/c1-17-13-3-2-11-4-7-15(16,14(11)10-13)12-5-8-18-9-6-12/h2-3,10,12,16H,4-9H2,1H3. The molecule has 1 unspecified atom stereocenters. The first-order chi connectivity index (χ1) is 8.74. The molecule has 0 bridgehead atoms. The highest BCUT2D eigenvalue weighted by molar-refractivity contribution is 5.43. The summed E-state index contributed by atoms with van der Waals surface area (Å²) in [5.74, 6) is 1.15. The second kappa shape index (κ2) is 4.56. The number of benzene rings is 1. The van der Waals surface area contributed by atoms with Crippen molar-refractivity contribution < 1.29 is 14.6 Å². The zero-order valence-corrected chi connectivity index (χ0v) is 10.8. The summed E-state index contributed by atoms with van der Waals surface area (Å²) >= 11 is 0. The molecule has 3 rings (SSSR count). The number of hydrogen-bond donors (Lipinski definition) is 1. The van der Waals surface area contributed by atoms with E-state index in [0.717, 1.165) is 50.2 Å². The molecule has 1 N–H and O–H groups in total. The first-order valence-electron chi connectivity index (χ1n) is 6.71. The van der Waals surface area contributed by atoms with Crippen LogP contribution in [0.25, 0.3) is 0 Å². The summed E-state index contributed by atoms with van der Waals surface area (Å²) in [5.41, 5.74) is 1.67. The highest BCUT2D eigenvalue weighted by Gasteiger charge is 2.43. The smallest absolute Gasteiger partial charge is 0.119 e. The Hall–Kier alpha value is -1.06. The van der Waals surface area contributed by atoms with E-state index in [0.29, 0.717) is 5.92 Å². The van der Waals surface area contributed by atoms with Crippen molar-refractivity contribution in [2.24, 2.45) is 5.92 Å². The topological polar surface area (TPSA) is 38.7 Å². The highest BCUT2D eigenvalue weighted by atomic mass is 16.5. The summed E-state index contributed by atoms with van der Waals surface area (Å²) in [4.78, 5) is 0. The molecule has 3 heteroatoms. The fourth-order valence-electron chi connectivity index (χ4n) is 3.36. The minimum absolute atomic E-state index is 0.319. The molecule has 1 fully saturated rings. The van der Waals surface area contributed by atoms with Crippen molar-refractivity contribution in [3.8, 4) is 5.75 Å². The Kier molecular flexibility index (Phi) is 3.04. The van der Waals surface area contributed by atoms with Gasteiger partial charge in [0.2, 0.25) is 0 Å². The van der Waals surface area contributed by atoms with Crippen LogP contribution in [0.1, 0.15) is 30.4 Å². The average Bonchev–Trinajstić information content (AvgIpc) is 2.78. The van der Waals surface area contributed by atoms with Gasteiger partial charge in [-0.15, -0.1) is 0 Å². The summed E-state index contributed by atoms with van der Waals surface area (Å²) in [5, 5.41) is 11.1. The number of fused-ring (bicyclic) bond motifs is 1. The molecule has 0 saturated carbocycles. The molecule has 0 amide bonds. The molecule has 1 aliphatic heterocycles. The van der Waals surface area contributed by atoms with Gasteiger partial charge in [-0.3, -0.25) is 0 Å². The molecule has 18 heavy (non-hydrogen) atoms. The predicted octanol–water partition coefficient (Wildman–Crippen LogP) is 2.26. The van der Waals surface area contributed by atoms with Crippen LogP contribution in [0.15, 0.2) is 18.2 Å². The van der Waals surface area contributed by atoms with Gasteiger partial charge in [-0.25, -0.2) is 0 Å². The van der Waals surface area contributed by atoms with Crippen LogP contribution in [0.2, 0.25) is 0 Å². The number of hydrogen-bond acceptors (Lipinski definition) is 3. The summed E-state index contributed by atoms with van der Waals surface area (Å²) in [6.07, 6.45) is 3.70. The van der Waals surface area contributed by atoms with E-state index in [2.05, 4.69) is 6.07 Å². The van der Waals surface area contributed by atoms with Crippen molar-refractivity contribution >= 4 is 0 Å². The molecule has 1 heterocycles. The Morgan fingerprint density at radius 2 is 2.11 bits per heavy atom. The van der Waals surface area contributed by atoms with Crippen molar-refractivity contribution in [3.05, 3.63) is 29.3 Å². The van der Waals surface area contributed by atoms with Gasteiger partial charge in [0, 0.05) is 13.2 Å². The molecule has 3 nitrogen and oxygen atoms in total. The number of ether oxygens (including phenoxy) is 2. The van der Waals surface area contributed by atoms with Gasteiger partial charge in [-0.2, -0.15) is 0 Å². The van der Waals surface area contributed by atoms with Gasteiger partial charge in [0.15, 0.2) is 0 Å². The van der Waals surface area contributed by atoms with Crippen LogP contribution in [0.5, 0.6) is 5.75 Å². The summed E-state index contributed by atoms with van der Waals surface area (Å²) in [7, 11) is 1.67. The minimum atomic E-state index is -0.673. The van der Waals surface area contributed by atoms with Crippen molar-refractivity contribution in [3.63, 3.8) is 0 Å². The van der Waals surface area contributed by atoms with Crippen LogP contribution in [-0.2, 0) is 16.8 Å². The summed E-state index contributed by atoms with van der Waals surface area (Å²) in [6, 6.07) is 6.08. The van der Waals surface area contributed by atoms with Gasteiger partial charge in [0.1, 0.15) is 5.75 Å². The lowest BCUT2D eigenvalue weighted by atomic mass is 9.78. The van der Waals surface area contributed by atoms with Crippen molar-refractivity contribution in [2.75, 3.05) is 20.3 Å². The van der Waals surface area contributed by atoms with Gasteiger partial charge in [-0.05, 0) is 54.9 Å². The predicted molar refractivity (Wildman–Crippen MR) is 68.8 cm³/mol. The molecular formula is C15H20O3. The number of methoxy groups -OCH3 is 1. The van der Waals surface area contributed by atoms with Gasteiger partial charge < -0.3 is 14.6 Å². The Labute approximate surface area is 108 Å². The Morgan fingerprint density at radius 1 is 1.33 bits per heavy atom. The lowest BCUT2D eigenvalue weighted by Crippen LogP contribution is -2.36. The lowest BCUT2D eigenvalue weighted by molar-refractivity contribution is -0.0692. The molecule has 98 valence electrons. The quantitative estimate of drug-likeness (QED) is 0.872. The van der Waals surface area contributed by atoms with Crippen LogP contribution < -0.4 is 4.74 Å². The monoisotopic (exact) mass is 248 g/mol. The zero-order valence-electron chi connectivity index (χ0n) is 10.8. The molecular weight excluding hydrogens is 228 g/mol. The third-order valence-electron chi connectivity index (χ3n) is 4.46. The first-order valence-corrected chi connectivity index (χ1v) is 6.71. The highest BCUT2D eigenvalue weighted by Crippen LogP contribution is 2.46. The molecule has 1 atom stereocenters. The molecule has 1 saturated heterocycles. The maximum absolute atomic E-state index is 11.1. The van der Waals surface area contributed by atoms with Crippen molar-refractivity contribution in [1.29, 1.82) is 0 Å². The van der Waals surface area contributed by atoms with Gasteiger partial charge in [-0.1, -0.05) is 6.07 Å². The van der Waals surface area contributed by atoms with Crippen LogP contribution in [0, 0.1) is 5.92 Å². The van der Waals surface area contributed by atoms with Crippen LogP contribution in [-0.4, -0.2) is 25.4 Å². The summed E-state index contributed by atoms with van der Waals surface area (Å²) < 4.78 is 10.7. The molecule has 2 aliphatic rings. The second-order valence-corrected chi connectivity index (χ2v) is 5.33. The van der Waals surface area contributed by atoms with E-state index in [9.17, 15) is 5.11 Å². The van der Waals surface area contributed by atoms with Crippen molar-refractivity contribution in [2.45, 2.75) is 31.3 Å². The fourth-order valence-corrected chi connectivity index (χ4v) is 3.36. The molecule has 1 aliphatic carbocycles. The zero-order chi connectivity index (χ0) is 12.6. The average molecular weight is 248 g/mol. The third kappa shape index (κ3) is 1.82. The van der Waals surface area contributed by atoms with Gasteiger partial charge in [0.25, 0.3) is 0 Å². The van der Waals surface area contributed by atoms with E-state index >= 15 is 0 Å². The Balaban J connectivity index is 1.95. The molecule has 0 radical (unpaired) electrons. The van der Waals surface area contributed by atoms with E-state index in [4.69, 9.17) is 9.47 Å². The van der Waals surface area contributed by atoms with E-state index in [1.165, 1.54) is 5.56 Å². The van der Waals surface area contributed by atoms with Crippen molar-refractivity contribution in [1.82, 2.24) is 0 Å². The van der Waals surface area contributed by atoms with E-state index in [1.54, 1.807) is 7.11 Å². The third-order valence-corrected chi connectivity index (χ3v) is 4.46. The maximum Gasteiger partial charge on any atom is 0.119 e. The van der Waals surface area contributed by atoms with E-state index in [1.807, 2.05) is 12.1 Å². The molecule has 1 aromatic rings. The first kappa shape index (κ1) is 12.0. The number of aliphatic hydroxyl groups is 1. The maximum atomic E-state index is 11.1. The number of aryl methyl sites for hydroxylation is 1. The molecule has 0 spiro atoms. The van der Waals surface area contributed by atoms with Crippen LogP contribution in [0.3, 0.4) is 0 Å². The van der Waals surface area contributed by atoms with E-state index < -0.39 is 5.60 Å². The molecule has 0 aromatic heterocycles. The van der Waals surface area contributed by atoms with Gasteiger partial charge >= 0.3 is 0 Å². The minimum Gasteiger partial charge on any atom is -0.497 e.